The van der Waals surface area contributed by atoms with Gasteiger partial charge in [-0.05, 0) is 32.7 Å². The van der Waals surface area contributed by atoms with Crippen LogP contribution in [-0.4, -0.2) is 55.9 Å². The van der Waals surface area contributed by atoms with E-state index in [1.807, 2.05) is 6.92 Å². The lowest BCUT2D eigenvalue weighted by molar-refractivity contribution is 0.169. The third-order valence-electron chi connectivity index (χ3n) is 3.72. The topological polar surface area (TPSA) is 53.6 Å². The normalized spacial score (nSPS) is 30.0. The summed E-state index contributed by atoms with van der Waals surface area (Å²) >= 11 is 0. The third-order valence-corrected chi connectivity index (χ3v) is 3.72. The Labute approximate surface area is 103 Å². The van der Waals surface area contributed by atoms with Crippen molar-refractivity contribution in [1.82, 2.24) is 15.5 Å². The minimum absolute atomic E-state index is 0.0566. The average Bonchev–Trinajstić information content (AvgIpc) is 2.83. The Bertz CT molecular complexity index is 272. The van der Waals surface area contributed by atoms with E-state index in [4.69, 9.17) is 4.74 Å². The molecular weight excluding hydrogens is 218 g/mol. The summed E-state index contributed by atoms with van der Waals surface area (Å²) in [5, 5.41) is 5.99. The van der Waals surface area contributed by atoms with Gasteiger partial charge in [-0.2, -0.15) is 0 Å². The number of amides is 2. The van der Waals surface area contributed by atoms with E-state index in [1.54, 1.807) is 7.11 Å². The standard InChI is InChI=1S/C12H23N3O2/c1-9(8-17-2)13-12(16)14-10-5-7-15-6-3-4-11(10)15/h9-11H,3-8H2,1-2H3,(H2,13,14,16)/t9-,10-,11-/m0/s1. The number of carbonyl (C=O) groups excluding carboxylic acids is 1. The van der Waals surface area contributed by atoms with Gasteiger partial charge in [0, 0.05) is 25.7 Å². The van der Waals surface area contributed by atoms with Crippen LogP contribution < -0.4 is 10.6 Å². The van der Waals surface area contributed by atoms with Gasteiger partial charge in [0.25, 0.3) is 0 Å². The highest BCUT2D eigenvalue weighted by Crippen LogP contribution is 2.27. The van der Waals surface area contributed by atoms with Crippen LogP contribution in [0.15, 0.2) is 0 Å². The first-order valence-electron chi connectivity index (χ1n) is 6.50. The van der Waals surface area contributed by atoms with Crippen LogP contribution in [-0.2, 0) is 4.74 Å². The predicted octanol–water partition coefficient (Wildman–Crippen LogP) is 0.557. The van der Waals surface area contributed by atoms with Gasteiger partial charge in [0.15, 0.2) is 0 Å². The second-order valence-electron chi connectivity index (χ2n) is 5.11. The van der Waals surface area contributed by atoms with Crippen molar-refractivity contribution in [2.45, 2.75) is 44.3 Å². The lowest BCUT2D eigenvalue weighted by Crippen LogP contribution is -2.49. The molecule has 2 fully saturated rings. The van der Waals surface area contributed by atoms with Gasteiger partial charge in [-0.15, -0.1) is 0 Å². The first kappa shape index (κ1) is 12.6. The van der Waals surface area contributed by atoms with Crippen LogP contribution in [0.5, 0.6) is 0 Å². The summed E-state index contributed by atoms with van der Waals surface area (Å²) in [5.41, 5.74) is 0. The van der Waals surface area contributed by atoms with Gasteiger partial charge >= 0.3 is 6.03 Å². The van der Waals surface area contributed by atoms with E-state index in [1.165, 1.54) is 19.4 Å². The molecule has 2 N–H and O–H groups in total. The molecule has 2 aliphatic rings. The maximum absolute atomic E-state index is 11.8. The van der Waals surface area contributed by atoms with Crippen LogP contribution in [0.2, 0.25) is 0 Å². The maximum atomic E-state index is 11.8. The smallest absolute Gasteiger partial charge is 0.315 e. The van der Waals surface area contributed by atoms with E-state index in [-0.39, 0.29) is 12.1 Å². The van der Waals surface area contributed by atoms with E-state index in [0.29, 0.717) is 18.7 Å². The highest BCUT2D eigenvalue weighted by Gasteiger charge is 2.37. The number of nitrogens with zero attached hydrogens (tertiary/aromatic N) is 1. The molecule has 0 bridgehead atoms. The van der Waals surface area contributed by atoms with Crippen LogP contribution in [0.1, 0.15) is 26.2 Å². The van der Waals surface area contributed by atoms with Crippen molar-refractivity contribution in [2.75, 3.05) is 26.8 Å². The number of methoxy groups -OCH3 is 1. The first-order valence-corrected chi connectivity index (χ1v) is 6.50. The molecule has 0 aliphatic carbocycles. The Morgan fingerprint density at radius 1 is 1.47 bits per heavy atom. The SMILES string of the molecule is COC[C@H](C)NC(=O)N[C@H]1CCN2CCC[C@@H]12. The van der Waals surface area contributed by atoms with Gasteiger partial charge in [0.1, 0.15) is 0 Å². The van der Waals surface area contributed by atoms with E-state index in [2.05, 4.69) is 15.5 Å². The van der Waals surface area contributed by atoms with Crippen molar-refractivity contribution < 1.29 is 9.53 Å². The first-order chi connectivity index (χ1) is 8.20. The Morgan fingerprint density at radius 2 is 2.29 bits per heavy atom. The van der Waals surface area contributed by atoms with Gasteiger partial charge in [-0.1, -0.05) is 0 Å². The Kier molecular flexibility index (Phi) is 4.23. The van der Waals surface area contributed by atoms with Crippen molar-refractivity contribution >= 4 is 6.03 Å². The predicted molar refractivity (Wildman–Crippen MR) is 66.0 cm³/mol. The van der Waals surface area contributed by atoms with Gasteiger partial charge in [-0.3, -0.25) is 4.90 Å². The fraction of sp³-hybridized carbons (Fsp3) is 0.917. The van der Waals surface area contributed by atoms with E-state index >= 15 is 0 Å². The summed E-state index contributed by atoms with van der Waals surface area (Å²) in [6.07, 6.45) is 3.57. The lowest BCUT2D eigenvalue weighted by atomic mass is 10.1. The Morgan fingerprint density at radius 3 is 3.06 bits per heavy atom. The summed E-state index contributed by atoms with van der Waals surface area (Å²) in [4.78, 5) is 14.3. The molecule has 0 radical (unpaired) electrons. The van der Waals surface area contributed by atoms with Crippen LogP contribution >= 0.6 is 0 Å². The fourth-order valence-corrected chi connectivity index (χ4v) is 2.98. The molecule has 2 amide bonds. The molecule has 0 saturated carbocycles. The molecule has 98 valence electrons. The molecule has 17 heavy (non-hydrogen) atoms. The third kappa shape index (κ3) is 3.10. The van der Waals surface area contributed by atoms with E-state index in [0.717, 1.165) is 13.0 Å². The van der Waals surface area contributed by atoms with Gasteiger partial charge in [0.05, 0.1) is 12.6 Å². The monoisotopic (exact) mass is 241 g/mol. The summed E-state index contributed by atoms with van der Waals surface area (Å²) in [5.74, 6) is 0. The van der Waals surface area contributed by atoms with E-state index in [9.17, 15) is 4.79 Å². The number of fused-ring (bicyclic) bond motifs is 1. The highest BCUT2D eigenvalue weighted by molar-refractivity contribution is 5.74. The number of rotatable bonds is 4. The van der Waals surface area contributed by atoms with Gasteiger partial charge in [-0.25, -0.2) is 4.79 Å². The average molecular weight is 241 g/mol. The molecule has 2 heterocycles. The van der Waals surface area contributed by atoms with Crippen molar-refractivity contribution in [3.63, 3.8) is 0 Å². The Balaban J connectivity index is 1.75. The summed E-state index contributed by atoms with van der Waals surface area (Å²) in [7, 11) is 1.64. The molecule has 0 unspecified atom stereocenters. The summed E-state index contributed by atoms with van der Waals surface area (Å²) in [6, 6.07) is 0.889. The summed E-state index contributed by atoms with van der Waals surface area (Å²) < 4.78 is 4.99. The highest BCUT2D eigenvalue weighted by atomic mass is 16.5. The number of carbonyl (C=O) groups is 1. The molecule has 0 aromatic heterocycles. The zero-order valence-corrected chi connectivity index (χ0v) is 10.7. The number of ether oxygens (including phenoxy) is 1. The van der Waals surface area contributed by atoms with Crippen LogP contribution in [0, 0.1) is 0 Å². The Hall–Kier alpha value is -0.810. The molecule has 2 rings (SSSR count). The number of hydrogen-bond donors (Lipinski definition) is 2. The second-order valence-corrected chi connectivity index (χ2v) is 5.11. The quantitative estimate of drug-likeness (QED) is 0.756. The lowest BCUT2D eigenvalue weighted by Gasteiger charge is -2.22. The number of nitrogens with one attached hydrogen (secondary N) is 2. The van der Waals surface area contributed by atoms with Crippen molar-refractivity contribution in [3.8, 4) is 0 Å². The van der Waals surface area contributed by atoms with E-state index < -0.39 is 0 Å². The van der Waals surface area contributed by atoms with Gasteiger partial charge in [0.2, 0.25) is 0 Å². The minimum Gasteiger partial charge on any atom is -0.383 e. The molecule has 3 atom stereocenters. The molecule has 0 aromatic rings. The van der Waals surface area contributed by atoms with Gasteiger partial charge < -0.3 is 15.4 Å². The second kappa shape index (κ2) is 5.69. The molecule has 5 heteroatoms. The zero-order chi connectivity index (χ0) is 12.3. The molecular formula is C12H23N3O2. The summed E-state index contributed by atoms with van der Waals surface area (Å²) in [6.45, 7) is 4.82. The number of hydrogen-bond acceptors (Lipinski definition) is 3. The largest absolute Gasteiger partial charge is 0.383 e. The van der Waals surface area contributed by atoms with Crippen molar-refractivity contribution in [3.05, 3.63) is 0 Å². The van der Waals surface area contributed by atoms with Crippen molar-refractivity contribution in [1.29, 1.82) is 0 Å². The maximum Gasteiger partial charge on any atom is 0.315 e. The van der Waals surface area contributed by atoms with Crippen molar-refractivity contribution in [2.24, 2.45) is 0 Å². The number of urea groups is 1. The van der Waals surface area contributed by atoms with Crippen LogP contribution in [0.4, 0.5) is 4.79 Å². The molecule has 5 nitrogen and oxygen atoms in total. The molecule has 0 spiro atoms. The minimum atomic E-state index is -0.0618. The fourth-order valence-electron chi connectivity index (χ4n) is 2.98. The van der Waals surface area contributed by atoms with Crippen LogP contribution in [0.3, 0.4) is 0 Å². The molecule has 2 saturated heterocycles. The van der Waals surface area contributed by atoms with Crippen LogP contribution in [0.25, 0.3) is 0 Å². The molecule has 2 aliphatic heterocycles. The zero-order valence-electron chi connectivity index (χ0n) is 10.7. The molecule has 0 aromatic carbocycles.